The number of fused-ring (bicyclic) bond motifs is 1. The zero-order chi connectivity index (χ0) is 18.9. The molecule has 0 bridgehead atoms. The molecule has 0 saturated carbocycles. The van der Waals surface area contributed by atoms with Gasteiger partial charge in [0.15, 0.2) is 0 Å². The molecule has 0 spiro atoms. The van der Waals surface area contributed by atoms with Crippen LogP contribution in [0.5, 0.6) is 0 Å². The first-order chi connectivity index (χ1) is 13.0. The van der Waals surface area contributed by atoms with Gasteiger partial charge < -0.3 is 0 Å². The minimum absolute atomic E-state index is 0.102. The van der Waals surface area contributed by atoms with Gasteiger partial charge in [-0.15, -0.1) is 0 Å². The molecule has 0 aliphatic rings. The maximum absolute atomic E-state index is 12.8. The Morgan fingerprint density at radius 2 is 1.85 bits per heavy atom. The highest BCUT2D eigenvalue weighted by atomic mass is 32.2. The van der Waals surface area contributed by atoms with Gasteiger partial charge in [-0.25, -0.2) is 17.8 Å². The average molecular weight is 378 g/mol. The second kappa shape index (κ2) is 6.94. The smallest absolute Gasteiger partial charge is 0.243 e. The van der Waals surface area contributed by atoms with Crippen molar-refractivity contribution in [3.8, 4) is 5.69 Å². The van der Waals surface area contributed by atoms with Crippen molar-refractivity contribution in [1.29, 1.82) is 0 Å². The lowest BCUT2D eigenvalue weighted by atomic mass is 10.2. The maximum atomic E-state index is 12.8. The third-order valence-corrected chi connectivity index (χ3v) is 5.64. The van der Waals surface area contributed by atoms with Crippen LogP contribution < -0.4 is 4.72 Å². The number of benzene rings is 2. The minimum Gasteiger partial charge on any atom is -0.255 e. The summed E-state index contributed by atoms with van der Waals surface area (Å²) in [5.74, 6) is 0. The summed E-state index contributed by atoms with van der Waals surface area (Å²) in [6, 6.07) is 18.5. The first-order valence-electron chi connectivity index (χ1n) is 8.48. The van der Waals surface area contributed by atoms with Crippen molar-refractivity contribution in [2.75, 3.05) is 0 Å². The third-order valence-electron chi connectivity index (χ3n) is 4.21. The summed E-state index contributed by atoms with van der Waals surface area (Å²) < 4.78 is 29.9. The van der Waals surface area contributed by atoms with E-state index >= 15 is 0 Å². The first-order valence-corrected chi connectivity index (χ1v) is 9.96. The van der Waals surface area contributed by atoms with E-state index in [0.717, 1.165) is 16.6 Å². The molecule has 0 saturated heterocycles. The summed E-state index contributed by atoms with van der Waals surface area (Å²) in [5.41, 5.74) is 2.99. The van der Waals surface area contributed by atoms with Crippen LogP contribution >= 0.6 is 0 Å². The lowest BCUT2D eigenvalue weighted by Crippen LogP contribution is -2.24. The number of sulfonamides is 1. The van der Waals surface area contributed by atoms with Crippen LogP contribution in [0.1, 0.15) is 11.3 Å². The number of nitrogens with zero attached hydrogens (tertiary/aromatic N) is 3. The molecule has 0 fully saturated rings. The number of aryl methyl sites for hydroxylation is 1. The van der Waals surface area contributed by atoms with Crippen molar-refractivity contribution in [3.05, 3.63) is 84.3 Å². The predicted octanol–water partition coefficient (Wildman–Crippen LogP) is 3.21. The molecule has 1 N–H and O–H groups in total. The van der Waals surface area contributed by atoms with Gasteiger partial charge in [0, 0.05) is 17.8 Å². The van der Waals surface area contributed by atoms with E-state index in [1.165, 1.54) is 0 Å². The van der Waals surface area contributed by atoms with E-state index in [1.807, 2.05) is 49.4 Å². The summed E-state index contributed by atoms with van der Waals surface area (Å²) >= 11 is 0. The monoisotopic (exact) mass is 378 g/mol. The molecular formula is C20H18N4O2S. The fourth-order valence-electron chi connectivity index (χ4n) is 2.89. The Morgan fingerprint density at radius 3 is 2.67 bits per heavy atom. The summed E-state index contributed by atoms with van der Waals surface area (Å²) in [6.45, 7) is 2.03. The minimum atomic E-state index is -3.72. The van der Waals surface area contributed by atoms with Crippen molar-refractivity contribution in [1.82, 2.24) is 19.5 Å². The Balaban J connectivity index is 1.57. The molecule has 136 valence electrons. The van der Waals surface area contributed by atoms with E-state index < -0.39 is 10.0 Å². The van der Waals surface area contributed by atoms with Crippen LogP contribution in [0.15, 0.2) is 78.0 Å². The number of nitrogens with one attached hydrogen (secondary N) is 1. The van der Waals surface area contributed by atoms with Crippen LogP contribution in [0.3, 0.4) is 0 Å². The van der Waals surface area contributed by atoms with Crippen molar-refractivity contribution in [2.24, 2.45) is 0 Å². The molecule has 2 aromatic heterocycles. The van der Waals surface area contributed by atoms with Gasteiger partial charge in [0.05, 0.1) is 23.4 Å². The van der Waals surface area contributed by atoms with Gasteiger partial charge in [-0.05, 0) is 42.8 Å². The van der Waals surface area contributed by atoms with Gasteiger partial charge in [0.1, 0.15) is 4.90 Å². The molecule has 0 aliphatic heterocycles. The topological polar surface area (TPSA) is 76.9 Å². The standard InChI is InChI=1S/C20H18N4O2S/c1-15-12-16-6-5-9-19(20(16)21-13-15)27(25,26)22-14-17-10-11-24(23-17)18-7-3-2-4-8-18/h2-13,22H,14H2,1H3. The van der Waals surface area contributed by atoms with Gasteiger partial charge in [-0.2, -0.15) is 5.10 Å². The molecule has 0 amide bonds. The van der Waals surface area contributed by atoms with Gasteiger partial charge >= 0.3 is 0 Å². The largest absolute Gasteiger partial charge is 0.255 e. The highest BCUT2D eigenvalue weighted by molar-refractivity contribution is 7.89. The molecular weight excluding hydrogens is 360 g/mol. The summed E-state index contributed by atoms with van der Waals surface area (Å²) in [4.78, 5) is 4.48. The predicted molar refractivity (Wildman–Crippen MR) is 104 cm³/mol. The van der Waals surface area contributed by atoms with Crippen LogP contribution in [-0.4, -0.2) is 23.2 Å². The van der Waals surface area contributed by atoms with E-state index in [4.69, 9.17) is 0 Å². The molecule has 2 heterocycles. The molecule has 0 unspecified atom stereocenters. The molecule has 2 aromatic carbocycles. The molecule has 0 aliphatic carbocycles. The summed E-state index contributed by atoms with van der Waals surface area (Å²) in [5, 5.41) is 5.22. The van der Waals surface area contributed by atoms with E-state index in [-0.39, 0.29) is 11.4 Å². The molecule has 6 nitrogen and oxygen atoms in total. The van der Waals surface area contributed by atoms with Crippen LogP contribution in [0, 0.1) is 6.92 Å². The highest BCUT2D eigenvalue weighted by Gasteiger charge is 2.18. The fourth-order valence-corrected chi connectivity index (χ4v) is 4.06. The molecule has 7 heteroatoms. The Kier molecular flexibility index (Phi) is 4.47. The van der Waals surface area contributed by atoms with Gasteiger partial charge in [0.2, 0.25) is 10.0 Å². The van der Waals surface area contributed by atoms with E-state index in [0.29, 0.717) is 11.2 Å². The number of para-hydroxylation sites is 2. The van der Waals surface area contributed by atoms with Crippen molar-refractivity contribution >= 4 is 20.9 Å². The zero-order valence-corrected chi connectivity index (χ0v) is 15.5. The Hall–Kier alpha value is -3.03. The second-order valence-corrected chi connectivity index (χ2v) is 7.99. The van der Waals surface area contributed by atoms with E-state index in [9.17, 15) is 8.42 Å². The third kappa shape index (κ3) is 3.60. The van der Waals surface area contributed by atoms with Gasteiger partial charge in [-0.3, -0.25) is 4.98 Å². The molecule has 27 heavy (non-hydrogen) atoms. The quantitative estimate of drug-likeness (QED) is 0.578. The van der Waals surface area contributed by atoms with Crippen LogP contribution in [0.25, 0.3) is 16.6 Å². The van der Waals surface area contributed by atoms with Crippen molar-refractivity contribution in [2.45, 2.75) is 18.4 Å². The lowest BCUT2D eigenvalue weighted by Gasteiger charge is -2.08. The highest BCUT2D eigenvalue weighted by Crippen LogP contribution is 2.21. The molecule has 0 radical (unpaired) electrons. The number of rotatable bonds is 5. The molecule has 0 atom stereocenters. The number of hydrogen-bond donors (Lipinski definition) is 1. The average Bonchev–Trinajstić information content (AvgIpc) is 3.16. The Bertz CT molecular complexity index is 1200. The van der Waals surface area contributed by atoms with E-state index in [1.54, 1.807) is 35.3 Å². The van der Waals surface area contributed by atoms with E-state index in [2.05, 4.69) is 14.8 Å². The number of hydrogen-bond acceptors (Lipinski definition) is 4. The second-order valence-electron chi connectivity index (χ2n) is 6.25. The van der Waals surface area contributed by atoms with Crippen molar-refractivity contribution in [3.63, 3.8) is 0 Å². The Morgan fingerprint density at radius 1 is 1.04 bits per heavy atom. The summed E-state index contributed by atoms with van der Waals surface area (Å²) in [7, 11) is -3.72. The first kappa shape index (κ1) is 17.4. The van der Waals surface area contributed by atoms with Gasteiger partial charge in [0.25, 0.3) is 0 Å². The fraction of sp³-hybridized carbons (Fsp3) is 0.100. The Labute approximate surface area is 157 Å². The number of aromatic nitrogens is 3. The molecule has 4 rings (SSSR count). The van der Waals surface area contributed by atoms with Crippen LogP contribution in [-0.2, 0) is 16.6 Å². The van der Waals surface area contributed by atoms with Gasteiger partial charge in [-0.1, -0.05) is 30.3 Å². The normalized spacial score (nSPS) is 11.7. The van der Waals surface area contributed by atoms with Crippen LogP contribution in [0.4, 0.5) is 0 Å². The summed E-state index contributed by atoms with van der Waals surface area (Å²) in [6.07, 6.45) is 3.48. The maximum Gasteiger partial charge on any atom is 0.243 e. The number of pyridine rings is 1. The van der Waals surface area contributed by atoms with Crippen LogP contribution in [0.2, 0.25) is 0 Å². The molecule has 4 aromatic rings. The SMILES string of the molecule is Cc1cnc2c(S(=O)(=O)NCc3ccn(-c4ccccc4)n3)cccc2c1. The zero-order valence-electron chi connectivity index (χ0n) is 14.7. The van der Waals surface area contributed by atoms with Crippen molar-refractivity contribution < 1.29 is 8.42 Å². The lowest BCUT2D eigenvalue weighted by molar-refractivity contribution is 0.580.